The van der Waals surface area contributed by atoms with E-state index in [9.17, 15) is 14.7 Å². The van der Waals surface area contributed by atoms with Gasteiger partial charge in [0.15, 0.2) is 16.9 Å². The van der Waals surface area contributed by atoms with Gasteiger partial charge in [-0.15, -0.1) is 0 Å². The Morgan fingerprint density at radius 1 is 1.12 bits per heavy atom. The van der Waals surface area contributed by atoms with Gasteiger partial charge in [-0.1, -0.05) is 39.7 Å². The number of benzene rings is 3. The Hall–Kier alpha value is -3.29. The lowest BCUT2D eigenvalue weighted by molar-refractivity contribution is 0.0971. The van der Waals surface area contributed by atoms with Gasteiger partial charge in [0.25, 0.3) is 5.91 Å². The molecule has 0 saturated carbocycles. The van der Waals surface area contributed by atoms with E-state index in [2.05, 4.69) is 15.9 Å². The van der Waals surface area contributed by atoms with E-state index in [-0.39, 0.29) is 28.3 Å². The fourth-order valence-electron chi connectivity index (χ4n) is 4.23. The van der Waals surface area contributed by atoms with Crippen LogP contribution in [0.25, 0.3) is 11.0 Å². The van der Waals surface area contributed by atoms with Crippen molar-refractivity contribution in [1.82, 2.24) is 0 Å². The fourth-order valence-corrected chi connectivity index (χ4v) is 4.77. The second-order valence-corrected chi connectivity index (χ2v) is 9.31. The summed E-state index contributed by atoms with van der Waals surface area (Å²) in [4.78, 5) is 28.9. The first-order valence-electron chi connectivity index (χ1n) is 10.6. The largest absolute Gasteiger partial charge is 0.504 e. The number of ether oxygens (including phenoxy) is 1. The summed E-state index contributed by atoms with van der Waals surface area (Å²) in [6, 6.07) is 14.4. The van der Waals surface area contributed by atoms with Crippen molar-refractivity contribution in [2.45, 2.75) is 19.9 Å². The van der Waals surface area contributed by atoms with Crippen LogP contribution in [0.1, 0.15) is 40.2 Å². The van der Waals surface area contributed by atoms with Gasteiger partial charge in [-0.2, -0.15) is 0 Å². The molecule has 0 saturated heterocycles. The van der Waals surface area contributed by atoms with Crippen molar-refractivity contribution in [1.29, 1.82) is 0 Å². The minimum Gasteiger partial charge on any atom is -0.504 e. The molecule has 6 nitrogen and oxygen atoms in total. The molecule has 4 aromatic rings. The van der Waals surface area contributed by atoms with E-state index in [4.69, 9.17) is 20.8 Å². The van der Waals surface area contributed by atoms with Gasteiger partial charge in [-0.25, -0.2) is 0 Å². The van der Waals surface area contributed by atoms with Crippen LogP contribution in [0, 0.1) is 6.92 Å². The molecule has 1 aromatic heterocycles. The van der Waals surface area contributed by atoms with E-state index in [0.717, 1.165) is 10.0 Å². The number of carbonyl (C=O) groups excluding carboxylic acids is 1. The monoisotopic (exact) mass is 539 g/mol. The van der Waals surface area contributed by atoms with Crippen LogP contribution in [0.15, 0.2) is 68.3 Å². The molecule has 1 atom stereocenters. The van der Waals surface area contributed by atoms with Crippen LogP contribution in [0.5, 0.6) is 11.5 Å². The van der Waals surface area contributed by atoms with Crippen LogP contribution in [-0.2, 0) is 0 Å². The van der Waals surface area contributed by atoms with E-state index in [0.29, 0.717) is 33.8 Å². The fraction of sp³-hybridized carbons (Fsp3) is 0.154. The van der Waals surface area contributed by atoms with Gasteiger partial charge in [0.2, 0.25) is 5.76 Å². The molecule has 1 unspecified atom stereocenters. The van der Waals surface area contributed by atoms with Gasteiger partial charge >= 0.3 is 0 Å². The molecule has 1 amide bonds. The molecule has 8 heteroatoms. The Morgan fingerprint density at radius 2 is 1.91 bits per heavy atom. The third kappa shape index (κ3) is 3.56. The SMILES string of the molecule is CCOc1cc(C2c3c(oc4ccc(Br)cc4c3=O)C(=O)N2c2ccc(C)c(Cl)c2)ccc1O. The summed E-state index contributed by atoms with van der Waals surface area (Å²) < 4.78 is 12.3. The number of hydrogen-bond acceptors (Lipinski definition) is 5. The number of phenolic OH excluding ortho intramolecular Hbond substituents is 1. The number of nitrogens with zero attached hydrogens (tertiary/aromatic N) is 1. The highest BCUT2D eigenvalue weighted by atomic mass is 79.9. The molecule has 3 aromatic carbocycles. The average Bonchev–Trinajstić information content (AvgIpc) is 3.10. The molecule has 0 bridgehead atoms. The summed E-state index contributed by atoms with van der Waals surface area (Å²) >= 11 is 9.79. The van der Waals surface area contributed by atoms with Crippen molar-refractivity contribution < 1.29 is 19.1 Å². The molecule has 172 valence electrons. The average molecular weight is 541 g/mol. The highest BCUT2D eigenvalue weighted by molar-refractivity contribution is 9.10. The number of aryl methyl sites for hydroxylation is 1. The maximum atomic E-state index is 13.7. The molecule has 1 aliphatic rings. The predicted octanol–water partition coefficient (Wildman–Crippen LogP) is 6.37. The number of carbonyl (C=O) groups is 1. The number of anilines is 1. The summed E-state index contributed by atoms with van der Waals surface area (Å²) in [5, 5.41) is 11.1. The second kappa shape index (κ2) is 8.49. The van der Waals surface area contributed by atoms with Crippen LogP contribution >= 0.6 is 27.5 Å². The molecule has 0 radical (unpaired) electrons. The van der Waals surface area contributed by atoms with Crippen molar-refractivity contribution in [3.8, 4) is 11.5 Å². The quantitative estimate of drug-likeness (QED) is 0.325. The van der Waals surface area contributed by atoms with Crippen LogP contribution in [0.3, 0.4) is 0 Å². The van der Waals surface area contributed by atoms with Gasteiger partial charge in [0.1, 0.15) is 5.58 Å². The molecule has 0 fully saturated rings. The van der Waals surface area contributed by atoms with Crippen molar-refractivity contribution in [2.75, 3.05) is 11.5 Å². The van der Waals surface area contributed by atoms with Gasteiger partial charge in [0, 0.05) is 15.2 Å². The molecule has 1 aliphatic heterocycles. The number of halogens is 2. The smallest absolute Gasteiger partial charge is 0.295 e. The van der Waals surface area contributed by atoms with Crippen molar-refractivity contribution in [3.63, 3.8) is 0 Å². The molecule has 5 rings (SSSR count). The first-order chi connectivity index (χ1) is 16.3. The first kappa shape index (κ1) is 22.5. The topological polar surface area (TPSA) is 80.0 Å². The highest BCUT2D eigenvalue weighted by Crippen LogP contribution is 2.44. The van der Waals surface area contributed by atoms with Crippen LogP contribution < -0.4 is 15.1 Å². The molecule has 1 N–H and O–H groups in total. The Bertz CT molecular complexity index is 1530. The summed E-state index contributed by atoms with van der Waals surface area (Å²) in [5.74, 6) is -0.245. The van der Waals surface area contributed by atoms with Gasteiger partial charge in [-0.3, -0.25) is 14.5 Å². The van der Waals surface area contributed by atoms with Crippen LogP contribution in [0.4, 0.5) is 5.69 Å². The summed E-state index contributed by atoms with van der Waals surface area (Å²) in [5.41, 5.74) is 2.21. The lowest BCUT2D eigenvalue weighted by Crippen LogP contribution is -2.29. The maximum absolute atomic E-state index is 13.7. The molecule has 34 heavy (non-hydrogen) atoms. The number of aromatic hydroxyl groups is 1. The minimum absolute atomic E-state index is 0.0208. The third-order valence-corrected chi connectivity index (χ3v) is 6.77. The molecular weight excluding hydrogens is 522 g/mol. The maximum Gasteiger partial charge on any atom is 0.295 e. The first-order valence-corrected chi connectivity index (χ1v) is 11.8. The van der Waals surface area contributed by atoms with Crippen molar-refractivity contribution >= 4 is 50.1 Å². The lowest BCUT2D eigenvalue weighted by atomic mass is 9.97. The van der Waals surface area contributed by atoms with E-state index >= 15 is 0 Å². The van der Waals surface area contributed by atoms with E-state index in [1.54, 1.807) is 49.4 Å². The van der Waals surface area contributed by atoms with Crippen LogP contribution in [0.2, 0.25) is 5.02 Å². The number of fused-ring (bicyclic) bond motifs is 2. The number of phenols is 1. The molecule has 0 aliphatic carbocycles. The summed E-state index contributed by atoms with van der Waals surface area (Å²) in [6.45, 7) is 4.02. The zero-order chi connectivity index (χ0) is 24.1. The second-order valence-electron chi connectivity index (χ2n) is 7.99. The molecule has 2 heterocycles. The zero-order valence-corrected chi connectivity index (χ0v) is 20.6. The molecular formula is C26H19BrClNO5. The Labute approximate surface area is 208 Å². The lowest BCUT2D eigenvalue weighted by Gasteiger charge is -2.26. The highest BCUT2D eigenvalue weighted by Gasteiger charge is 2.44. The third-order valence-electron chi connectivity index (χ3n) is 5.87. The van der Waals surface area contributed by atoms with Gasteiger partial charge in [-0.05, 0) is 67.4 Å². The number of hydrogen-bond donors (Lipinski definition) is 1. The summed E-state index contributed by atoms with van der Waals surface area (Å²) in [7, 11) is 0. The van der Waals surface area contributed by atoms with E-state index < -0.39 is 11.9 Å². The standard InChI is InChI=1S/C26H19BrClNO5/c1-3-33-21-10-14(5-8-19(21)30)23-22-24(31)17-11-15(27)6-9-20(17)34-25(22)26(32)29(23)16-7-4-13(2)18(28)12-16/h4-12,23,30H,3H2,1-2H3. The predicted molar refractivity (Wildman–Crippen MR) is 134 cm³/mol. The Kier molecular flexibility index (Phi) is 5.62. The summed E-state index contributed by atoms with van der Waals surface area (Å²) in [6.07, 6.45) is 0. The van der Waals surface area contributed by atoms with Crippen LogP contribution in [-0.4, -0.2) is 17.6 Å². The van der Waals surface area contributed by atoms with E-state index in [1.165, 1.54) is 11.0 Å². The zero-order valence-electron chi connectivity index (χ0n) is 18.3. The Balaban J connectivity index is 1.81. The van der Waals surface area contributed by atoms with Gasteiger partial charge < -0.3 is 14.3 Å². The van der Waals surface area contributed by atoms with Gasteiger partial charge in [0.05, 0.1) is 23.6 Å². The van der Waals surface area contributed by atoms with Crippen molar-refractivity contribution in [2.24, 2.45) is 0 Å². The van der Waals surface area contributed by atoms with E-state index in [1.807, 2.05) is 13.0 Å². The normalized spacial score (nSPS) is 15.1. The Morgan fingerprint density at radius 3 is 2.65 bits per heavy atom. The van der Waals surface area contributed by atoms with Crippen molar-refractivity contribution in [3.05, 3.63) is 96.8 Å². The molecule has 0 spiro atoms. The minimum atomic E-state index is -0.805. The number of amides is 1. The number of rotatable bonds is 4.